The van der Waals surface area contributed by atoms with Gasteiger partial charge in [0.15, 0.2) is 0 Å². The molecule has 1 saturated heterocycles. The number of rotatable bonds is 8. The topological polar surface area (TPSA) is 97.0 Å². The number of nitrogens with one attached hydrogen (secondary N) is 1. The van der Waals surface area contributed by atoms with Gasteiger partial charge in [0.2, 0.25) is 11.8 Å². The molecular formula is C26H36N6O3. The van der Waals surface area contributed by atoms with Gasteiger partial charge in [0, 0.05) is 55.7 Å². The van der Waals surface area contributed by atoms with E-state index in [0.29, 0.717) is 24.4 Å². The zero-order chi connectivity index (χ0) is 24.4. The number of aromatic nitrogens is 4. The van der Waals surface area contributed by atoms with E-state index in [1.807, 2.05) is 36.0 Å². The van der Waals surface area contributed by atoms with Gasteiger partial charge in [0.25, 0.3) is 0 Å². The van der Waals surface area contributed by atoms with Crippen molar-refractivity contribution in [2.75, 3.05) is 39.2 Å². The second-order valence-electron chi connectivity index (χ2n) is 10.0. The van der Waals surface area contributed by atoms with Gasteiger partial charge in [-0.3, -0.25) is 0 Å². The Kier molecular flexibility index (Phi) is 7.17. The number of likely N-dealkylation sites (N-methyl/N-ethyl adjacent to an activating group) is 1. The van der Waals surface area contributed by atoms with Crippen molar-refractivity contribution in [3.8, 4) is 17.0 Å². The van der Waals surface area contributed by atoms with Gasteiger partial charge in [-0.1, -0.05) is 0 Å². The van der Waals surface area contributed by atoms with Crippen LogP contribution in [0.3, 0.4) is 0 Å². The fourth-order valence-corrected chi connectivity index (χ4v) is 5.29. The van der Waals surface area contributed by atoms with Crippen LogP contribution in [0.1, 0.15) is 50.6 Å². The molecule has 3 aromatic rings. The van der Waals surface area contributed by atoms with Crippen LogP contribution in [-0.2, 0) is 4.74 Å². The summed E-state index contributed by atoms with van der Waals surface area (Å²) in [6, 6.07) is 6.37. The fraction of sp³-hybridized carbons (Fsp3) is 0.577. The van der Waals surface area contributed by atoms with Crippen molar-refractivity contribution < 1.29 is 14.6 Å². The SMILES string of the molecule is COC[C@H](C)Nc1ncc2c(-c3ccnc(O[C@H]4CCN(C)C4)c3)cc([C@H]3CC[C@H](O)CC3)n2n1. The highest BCUT2D eigenvalue weighted by Crippen LogP contribution is 2.38. The Morgan fingerprint density at radius 1 is 1.17 bits per heavy atom. The molecule has 0 spiro atoms. The van der Waals surface area contributed by atoms with Crippen LogP contribution < -0.4 is 10.1 Å². The third-order valence-electron chi connectivity index (χ3n) is 7.13. The Labute approximate surface area is 206 Å². The van der Waals surface area contributed by atoms with Crippen LogP contribution in [0.4, 0.5) is 5.95 Å². The fourth-order valence-electron chi connectivity index (χ4n) is 5.29. The van der Waals surface area contributed by atoms with E-state index in [1.165, 1.54) is 0 Å². The quantitative estimate of drug-likeness (QED) is 0.507. The molecule has 2 aliphatic rings. The molecule has 2 fully saturated rings. The van der Waals surface area contributed by atoms with E-state index in [0.717, 1.165) is 67.5 Å². The predicted molar refractivity (Wildman–Crippen MR) is 135 cm³/mol. The third-order valence-corrected chi connectivity index (χ3v) is 7.13. The first-order valence-electron chi connectivity index (χ1n) is 12.6. The van der Waals surface area contributed by atoms with Crippen LogP contribution >= 0.6 is 0 Å². The first-order chi connectivity index (χ1) is 17.0. The molecule has 0 unspecified atom stereocenters. The highest BCUT2D eigenvalue weighted by atomic mass is 16.5. The number of aliphatic hydroxyl groups excluding tert-OH is 1. The predicted octanol–water partition coefficient (Wildman–Crippen LogP) is 3.34. The summed E-state index contributed by atoms with van der Waals surface area (Å²) in [6.45, 7) is 4.58. The number of anilines is 1. The minimum absolute atomic E-state index is 0.0929. The minimum Gasteiger partial charge on any atom is -0.473 e. The highest BCUT2D eigenvalue weighted by Gasteiger charge is 2.26. The van der Waals surface area contributed by atoms with Crippen LogP contribution in [-0.4, -0.2) is 81.7 Å². The van der Waals surface area contributed by atoms with Crippen molar-refractivity contribution in [2.45, 2.75) is 63.2 Å². The first-order valence-corrected chi connectivity index (χ1v) is 12.6. The van der Waals surface area contributed by atoms with E-state index in [9.17, 15) is 5.11 Å². The van der Waals surface area contributed by atoms with Crippen LogP contribution in [0, 0.1) is 0 Å². The van der Waals surface area contributed by atoms with E-state index in [4.69, 9.17) is 14.6 Å². The van der Waals surface area contributed by atoms with Crippen molar-refractivity contribution >= 4 is 11.5 Å². The molecule has 4 heterocycles. The summed E-state index contributed by atoms with van der Waals surface area (Å²) < 4.78 is 13.5. The summed E-state index contributed by atoms with van der Waals surface area (Å²) in [4.78, 5) is 11.4. The summed E-state index contributed by atoms with van der Waals surface area (Å²) in [5.41, 5.74) is 4.22. The number of methoxy groups -OCH3 is 1. The molecule has 9 heteroatoms. The molecule has 0 amide bonds. The summed E-state index contributed by atoms with van der Waals surface area (Å²) in [7, 11) is 3.80. The van der Waals surface area contributed by atoms with Crippen LogP contribution in [0.2, 0.25) is 0 Å². The van der Waals surface area contributed by atoms with Crippen molar-refractivity contribution in [1.82, 2.24) is 24.5 Å². The number of hydrogen-bond donors (Lipinski definition) is 2. The maximum Gasteiger partial charge on any atom is 0.241 e. The summed E-state index contributed by atoms with van der Waals surface area (Å²) >= 11 is 0. The van der Waals surface area contributed by atoms with E-state index in [-0.39, 0.29) is 18.2 Å². The van der Waals surface area contributed by atoms with Gasteiger partial charge < -0.3 is 24.8 Å². The standard InChI is InChI=1S/C26H36N6O3/c1-17(16-34-3)29-26-28-14-24-22(13-23(32(24)30-26)18-4-6-20(33)7-5-18)19-8-10-27-25(12-19)35-21-9-11-31(2)15-21/h8,10,12-14,17-18,20-21,33H,4-7,9,11,15-16H2,1-3H3,(H,29,30)/t17-,18-,20-,21-/m0/s1. The second-order valence-corrected chi connectivity index (χ2v) is 10.0. The van der Waals surface area contributed by atoms with Crippen molar-refractivity contribution in [1.29, 1.82) is 0 Å². The Balaban J connectivity index is 1.49. The Morgan fingerprint density at radius 3 is 2.74 bits per heavy atom. The van der Waals surface area contributed by atoms with Gasteiger partial charge in [-0.25, -0.2) is 14.5 Å². The molecule has 35 heavy (non-hydrogen) atoms. The van der Waals surface area contributed by atoms with Crippen molar-refractivity contribution in [2.24, 2.45) is 0 Å². The first kappa shape index (κ1) is 24.0. The third kappa shape index (κ3) is 5.42. The molecule has 0 bridgehead atoms. The molecule has 9 nitrogen and oxygen atoms in total. The summed E-state index contributed by atoms with van der Waals surface area (Å²) in [5, 5.41) is 18.3. The van der Waals surface area contributed by atoms with Crippen molar-refractivity contribution in [3.05, 3.63) is 36.3 Å². The maximum atomic E-state index is 10.0. The average molecular weight is 481 g/mol. The number of ether oxygens (including phenoxy) is 2. The molecule has 0 radical (unpaired) electrons. The maximum absolute atomic E-state index is 10.0. The Hall–Kier alpha value is -2.75. The van der Waals surface area contributed by atoms with Gasteiger partial charge in [0.1, 0.15) is 6.10 Å². The molecule has 3 aromatic heterocycles. The molecule has 1 saturated carbocycles. The zero-order valence-electron chi connectivity index (χ0n) is 20.9. The van der Waals surface area contributed by atoms with Gasteiger partial charge in [-0.2, -0.15) is 0 Å². The lowest BCUT2D eigenvalue weighted by atomic mass is 9.85. The smallest absolute Gasteiger partial charge is 0.241 e. The van der Waals surface area contributed by atoms with Gasteiger partial charge in [0.05, 0.1) is 24.4 Å². The average Bonchev–Trinajstić information content (AvgIpc) is 3.43. The number of hydrogen-bond acceptors (Lipinski definition) is 8. The Bertz CT molecular complexity index is 1140. The lowest BCUT2D eigenvalue weighted by molar-refractivity contribution is 0.121. The number of fused-ring (bicyclic) bond motifs is 1. The minimum atomic E-state index is -0.201. The molecular weight excluding hydrogens is 444 g/mol. The summed E-state index contributed by atoms with van der Waals surface area (Å²) in [5.74, 6) is 1.56. The molecule has 2 atom stereocenters. The number of aliphatic hydroxyl groups is 1. The van der Waals surface area contributed by atoms with E-state index < -0.39 is 0 Å². The lowest BCUT2D eigenvalue weighted by Crippen LogP contribution is -2.23. The van der Waals surface area contributed by atoms with Gasteiger partial charge in [-0.05, 0) is 63.8 Å². The lowest BCUT2D eigenvalue weighted by Gasteiger charge is -2.25. The van der Waals surface area contributed by atoms with E-state index >= 15 is 0 Å². The molecule has 1 aliphatic heterocycles. The van der Waals surface area contributed by atoms with Crippen LogP contribution in [0.15, 0.2) is 30.6 Å². The molecule has 188 valence electrons. The van der Waals surface area contributed by atoms with Gasteiger partial charge in [-0.15, -0.1) is 5.10 Å². The largest absolute Gasteiger partial charge is 0.473 e. The Morgan fingerprint density at radius 2 is 2.00 bits per heavy atom. The second kappa shape index (κ2) is 10.5. The van der Waals surface area contributed by atoms with Crippen LogP contribution in [0.25, 0.3) is 16.6 Å². The van der Waals surface area contributed by atoms with Crippen molar-refractivity contribution in [3.63, 3.8) is 0 Å². The molecule has 1 aliphatic carbocycles. The normalized spacial score (nSPS) is 24.1. The molecule has 0 aromatic carbocycles. The molecule has 5 rings (SSSR count). The van der Waals surface area contributed by atoms with E-state index in [2.05, 4.69) is 33.3 Å². The monoisotopic (exact) mass is 480 g/mol. The summed E-state index contributed by atoms with van der Waals surface area (Å²) in [6.07, 6.45) is 8.20. The van der Waals surface area contributed by atoms with Crippen LogP contribution in [0.5, 0.6) is 5.88 Å². The zero-order valence-corrected chi connectivity index (χ0v) is 20.9. The number of pyridine rings is 1. The molecule has 2 N–H and O–H groups in total. The van der Waals surface area contributed by atoms with E-state index in [1.54, 1.807) is 7.11 Å². The van der Waals surface area contributed by atoms with Gasteiger partial charge >= 0.3 is 0 Å². The highest BCUT2D eigenvalue weighted by molar-refractivity contribution is 5.81. The number of likely N-dealkylation sites (tertiary alicyclic amines) is 1. The number of nitrogens with zero attached hydrogens (tertiary/aromatic N) is 5.